The van der Waals surface area contributed by atoms with Gasteiger partial charge in [-0.3, -0.25) is 0 Å². The van der Waals surface area contributed by atoms with Gasteiger partial charge in [0.25, 0.3) is 0 Å². The number of likely N-dealkylation sites (N-methyl/N-ethyl adjacent to an activating group) is 1. The Balaban J connectivity index is 4.83. The third-order valence-electron chi connectivity index (χ3n) is 3.93. The van der Waals surface area contributed by atoms with Crippen LogP contribution < -0.4 is 5.73 Å². The number of hydrogen-bond acceptors (Lipinski definition) is 5. The lowest BCUT2D eigenvalue weighted by molar-refractivity contribution is 0.0606. The number of rotatable bonds is 9. The van der Waals surface area contributed by atoms with Crippen molar-refractivity contribution in [3.63, 3.8) is 0 Å². The molecule has 0 aromatic rings. The quantitative estimate of drug-likeness (QED) is 0.559. The second kappa shape index (κ2) is 8.03. The highest BCUT2D eigenvalue weighted by atomic mass is 28.4. The SMILES string of the molecule is CCN(CC[Si](C)(OC(C)(C)C)C(C)(C)N)CC(O)CO. The van der Waals surface area contributed by atoms with E-state index >= 15 is 0 Å². The van der Waals surface area contributed by atoms with Gasteiger partial charge in [-0.2, -0.15) is 0 Å². The van der Waals surface area contributed by atoms with Gasteiger partial charge in [0.15, 0.2) is 0 Å². The fourth-order valence-corrected chi connectivity index (χ4v) is 5.39. The average Bonchev–Trinajstić information content (AvgIpc) is 2.30. The zero-order chi connectivity index (χ0) is 16.9. The minimum Gasteiger partial charge on any atom is -0.411 e. The van der Waals surface area contributed by atoms with E-state index in [1.54, 1.807) is 0 Å². The summed E-state index contributed by atoms with van der Waals surface area (Å²) in [6, 6.07) is 0.903. The largest absolute Gasteiger partial charge is 0.411 e. The minimum atomic E-state index is -2.13. The lowest BCUT2D eigenvalue weighted by Crippen LogP contribution is -2.64. The topological polar surface area (TPSA) is 79.0 Å². The number of nitrogens with two attached hydrogens (primary N) is 1. The van der Waals surface area contributed by atoms with Crippen LogP contribution in [0, 0.1) is 0 Å². The summed E-state index contributed by atoms with van der Waals surface area (Å²) >= 11 is 0. The van der Waals surface area contributed by atoms with Crippen molar-refractivity contribution in [2.75, 3.05) is 26.2 Å². The van der Waals surface area contributed by atoms with Crippen LogP contribution in [-0.2, 0) is 4.43 Å². The molecule has 0 amide bonds. The molecule has 21 heavy (non-hydrogen) atoms. The summed E-state index contributed by atoms with van der Waals surface area (Å²) in [6.45, 7) is 16.5. The van der Waals surface area contributed by atoms with Crippen LogP contribution >= 0.6 is 0 Å². The van der Waals surface area contributed by atoms with Crippen molar-refractivity contribution in [2.45, 2.75) is 71.0 Å². The van der Waals surface area contributed by atoms with E-state index in [0.29, 0.717) is 6.54 Å². The molecule has 0 fully saturated rings. The van der Waals surface area contributed by atoms with Crippen molar-refractivity contribution in [2.24, 2.45) is 5.73 Å². The maximum absolute atomic E-state index is 9.60. The highest BCUT2D eigenvalue weighted by Gasteiger charge is 2.45. The molecule has 6 heteroatoms. The summed E-state index contributed by atoms with van der Waals surface area (Å²) < 4.78 is 6.39. The molecule has 5 nitrogen and oxygen atoms in total. The highest BCUT2D eigenvalue weighted by Crippen LogP contribution is 2.29. The first kappa shape index (κ1) is 21.0. The van der Waals surface area contributed by atoms with Crippen molar-refractivity contribution >= 4 is 8.32 Å². The minimum absolute atomic E-state index is 0.202. The highest BCUT2D eigenvalue weighted by molar-refractivity contribution is 6.75. The third-order valence-corrected chi connectivity index (χ3v) is 8.89. The molecule has 128 valence electrons. The summed E-state index contributed by atoms with van der Waals surface area (Å²) in [5.74, 6) is 0. The van der Waals surface area contributed by atoms with Gasteiger partial charge in [-0.15, -0.1) is 0 Å². The van der Waals surface area contributed by atoms with Gasteiger partial charge < -0.3 is 25.3 Å². The predicted octanol–water partition coefficient (Wildman–Crippen LogP) is 1.33. The molecule has 0 aromatic heterocycles. The molecular weight excluding hydrogens is 284 g/mol. The van der Waals surface area contributed by atoms with Crippen LogP contribution in [0.15, 0.2) is 0 Å². The lowest BCUT2D eigenvalue weighted by Gasteiger charge is -2.44. The second-order valence-electron chi connectivity index (χ2n) is 7.65. The van der Waals surface area contributed by atoms with Crippen LogP contribution in [0.2, 0.25) is 12.6 Å². The molecule has 4 N–H and O–H groups in total. The summed E-state index contributed by atoms with van der Waals surface area (Å²) in [7, 11) is -2.13. The molecule has 0 aromatic carbocycles. The molecule has 2 unspecified atom stereocenters. The van der Waals surface area contributed by atoms with Crippen LogP contribution in [0.4, 0.5) is 0 Å². The maximum atomic E-state index is 9.60. The van der Waals surface area contributed by atoms with E-state index in [1.165, 1.54) is 0 Å². The average molecular weight is 321 g/mol. The first-order valence-electron chi connectivity index (χ1n) is 7.85. The second-order valence-corrected chi connectivity index (χ2v) is 12.1. The Bertz CT molecular complexity index is 302. The van der Waals surface area contributed by atoms with Gasteiger partial charge in [-0.1, -0.05) is 6.92 Å². The van der Waals surface area contributed by atoms with E-state index in [0.717, 1.165) is 19.1 Å². The molecule has 0 saturated carbocycles. The Hall–Kier alpha value is 0.0169. The zero-order valence-corrected chi connectivity index (χ0v) is 15.9. The zero-order valence-electron chi connectivity index (χ0n) is 14.9. The predicted molar refractivity (Wildman–Crippen MR) is 90.7 cm³/mol. The summed E-state index contributed by atoms with van der Waals surface area (Å²) in [5.41, 5.74) is 6.20. The van der Waals surface area contributed by atoms with Gasteiger partial charge in [0, 0.05) is 17.3 Å². The summed E-state index contributed by atoms with van der Waals surface area (Å²) in [4.78, 5) is 2.14. The van der Waals surface area contributed by atoms with Crippen LogP contribution in [0.1, 0.15) is 41.5 Å². The fraction of sp³-hybridized carbons (Fsp3) is 1.00. The van der Waals surface area contributed by atoms with Gasteiger partial charge in [-0.05, 0) is 60.3 Å². The molecule has 0 bridgehead atoms. The molecule has 0 rings (SSSR count). The smallest absolute Gasteiger partial charge is 0.210 e. The van der Waals surface area contributed by atoms with Crippen molar-refractivity contribution in [3.05, 3.63) is 0 Å². The van der Waals surface area contributed by atoms with Crippen LogP contribution in [0.5, 0.6) is 0 Å². The van der Waals surface area contributed by atoms with Gasteiger partial charge in [0.2, 0.25) is 8.32 Å². The van der Waals surface area contributed by atoms with Crippen molar-refractivity contribution < 1.29 is 14.6 Å². The normalized spacial score (nSPS) is 17.9. The molecule has 0 aliphatic heterocycles. The number of hydrogen-bond donors (Lipinski definition) is 3. The summed E-state index contributed by atoms with van der Waals surface area (Å²) in [6.07, 6.45) is -0.688. The van der Waals surface area contributed by atoms with Crippen LogP contribution in [-0.4, -0.2) is 66.5 Å². The molecule has 0 radical (unpaired) electrons. The number of aliphatic hydroxyl groups is 2. The van der Waals surface area contributed by atoms with E-state index in [2.05, 4.69) is 39.1 Å². The van der Waals surface area contributed by atoms with Gasteiger partial charge in [0.05, 0.1) is 12.7 Å². The van der Waals surface area contributed by atoms with E-state index in [-0.39, 0.29) is 17.4 Å². The van der Waals surface area contributed by atoms with Crippen molar-refractivity contribution in [3.8, 4) is 0 Å². The number of aliphatic hydroxyl groups excluding tert-OH is 2. The number of nitrogens with zero attached hydrogens (tertiary/aromatic N) is 1. The Morgan fingerprint density at radius 3 is 2.10 bits per heavy atom. The fourth-order valence-electron chi connectivity index (χ4n) is 2.29. The van der Waals surface area contributed by atoms with E-state index in [1.807, 2.05) is 13.8 Å². The first-order chi connectivity index (χ1) is 9.34. The van der Waals surface area contributed by atoms with Gasteiger partial charge in [0.1, 0.15) is 0 Å². The molecule has 0 saturated heterocycles. The molecule has 0 heterocycles. The van der Waals surface area contributed by atoms with Gasteiger partial charge in [-0.25, -0.2) is 0 Å². The van der Waals surface area contributed by atoms with Crippen molar-refractivity contribution in [1.82, 2.24) is 4.90 Å². The Morgan fingerprint density at radius 1 is 1.24 bits per heavy atom. The Labute approximate surface area is 131 Å². The standard InChI is InChI=1S/C15H36N2O3Si/c1-8-17(11-13(19)12-18)9-10-21(7,15(5,6)16)20-14(2,3)4/h13,18-19H,8-12,16H2,1-7H3. The maximum Gasteiger partial charge on any atom is 0.210 e. The molecule has 0 aliphatic carbocycles. The van der Waals surface area contributed by atoms with Crippen LogP contribution in [0.3, 0.4) is 0 Å². The van der Waals surface area contributed by atoms with Crippen LogP contribution in [0.25, 0.3) is 0 Å². The Morgan fingerprint density at radius 2 is 1.76 bits per heavy atom. The van der Waals surface area contributed by atoms with Gasteiger partial charge >= 0.3 is 0 Å². The van der Waals surface area contributed by atoms with E-state index in [9.17, 15) is 5.11 Å². The Kier molecular flexibility index (Phi) is 8.04. The molecule has 0 spiro atoms. The molecule has 2 atom stereocenters. The third kappa shape index (κ3) is 7.72. The lowest BCUT2D eigenvalue weighted by atomic mass is 10.2. The monoisotopic (exact) mass is 320 g/mol. The first-order valence-corrected chi connectivity index (χ1v) is 10.5. The molecule has 0 aliphatic rings. The molecular formula is C15H36N2O3Si. The van der Waals surface area contributed by atoms with E-state index in [4.69, 9.17) is 15.3 Å². The van der Waals surface area contributed by atoms with E-state index < -0.39 is 14.4 Å². The summed E-state index contributed by atoms with van der Waals surface area (Å²) in [5, 5.41) is 18.2. The van der Waals surface area contributed by atoms with Crippen molar-refractivity contribution in [1.29, 1.82) is 0 Å².